The summed E-state index contributed by atoms with van der Waals surface area (Å²) in [7, 11) is 0. The molecule has 15 heteroatoms. The van der Waals surface area contributed by atoms with E-state index in [1.54, 1.807) is 0 Å². The van der Waals surface area contributed by atoms with Gasteiger partial charge in [0, 0.05) is 12.4 Å². The van der Waals surface area contributed by atoms with Crippen molar-refractivity contribution in [1.29, 1.82) is 0 Å². The molecule has 3 aromatic heterocycles. The smallest absolute Gasteiger partial charge is 0.419 e. The van der Waals surface area contributed by atoms with Gasteiger partial charge in [-0.25, -0.2) is 4.98 Å². The molecule has 0 fully saturated rings. The Morgan fingerprint density at radius 3 is 1.46 bits per heavy atom. The number of nitrogens with zero attached hydrogens (tertiary/aromatic N) is 3. The number of allylic oxidation sites excluding steroid dienone is 2. The lowest BCUT2D eigenvalue weighted by Gasteiger charge is -2.13. The summed E-state index contributed by atoms with van der Waals surface area (Å²) in [5.74, 6) is 0. The summed E-state index contributed by atoms with van der Waals surface area (Å²) < 4.78 is 94.3. The molecule has 0 unspecified atom stereocenters. The van der Waals surface area contributed by atoms with Gasteiger partial charge in [-0.2, -0.15) is 26.3 Å². The van der Waals surface area contributed by atoms with Gasteiger partial charge in [-0.1, -0.05) is 0 Å². The van der Waals surface area contributed by atoms with Crippen LogP contribution >= 0.6 is 0 Å². The Morgan fingerprint density at radius 2 is 1.07 bits per heavy atom. The standard InChI is InChI=1S/C26H15F6N3O6/c27-25(28,29)19(11-40-14-37)17-1-4-33-21(9-17)23-7-16(3-6-39-13-36)8-24(35-23)22-10-18(2-5-34-22)20(12-41-15-38)26(30,31)32/h1-15H/b6-3+,19-11-,20-12-. The van der Waals surface area contributed by atoms with Gasteiger partial charge in [0.15, 0.2) is 0 Å². The van der Waals surface area contributed by atoms with Crippen LogP contribution in [0.1, 0.15) is 16.7 Å². The van der Waals surface area contributed by atoms with E-state index in [1.807, 2.05) is 0 Å². The Bertz CT molecular complexity index is 1420. The van der Waals surface area contributed by atoms with Crippen molar-refractivity contribution in [1.82, 2.24) is 15.0 Å². The predicted octanol–water partition coefficient (Wildman–Crippen LogP) is 5.50. The lowest BCUT2D eigenvalue weighted by atomic mass is 10.0. The van der Waals surface area contributed by atoms with Gasteiger partial charge >= 0.3 is 12.4 Å². The van der Waals surface area contributed by atoms with Gasteiger partial charge in [0.2, 0.25) is 0 Å². The molecule has 41 heavy (non-hydrogen) atoms. The molecule has 0 amide bonds. The lowest BCUT2D eigenvalue weighted by Crippen LogP contribution is -2.11. The summed E-state index contributed by atoms with van der Waals surface area (Å²) in [6, 6.07) is 6.72. The predicted molar refractivity (Wildman–Crippen MR) is 129 cm³/mol. The van der Waals surface area contributed by atoms with Crippen molar-refractivity contribution in [3.05, 3.63) is 84.3 Å². The molecule has 0 spiro atoms. The first-order chi connectivity index (χ1) is 19.5. The molecule has 0 aliphatic carbocycles. The zero-order valence-corrected chi connectivity index (χ0v) is 20.2. The minimum Gasteiger partial charge on any atom is -0.437 e. The molecule has 0 aromatic carbocycles. The summed E-state index contributed by atoms with van der Waals surface area (Å²) in [6.45, 7) is -0.261. The second-order valence-electron chi connectivity index (χ2n) is 7.59. The Hall–Kier alpha value is -5.34. The zero-order chi connectivity index (χ0) is 30.0. The van der Waals surface area contributed by atoms with Crippen LogP contribution in [0.25, 0.3) is 40.0 Å². The van der Waals surface area contributed by atoms with Crippen LogP contribution in [-0.4, -0.2) is 46.7 Å². The molecule has 3 heterocycles. The van der Waals surface area contributed by atoms with Crippen molar-refractivity contribution in [3.8, 4) is 22.8 Å². The summed E-state index contributed by atoms with van der Waals surface area (Å²) in [5, 5.41) is 0. The molecule has 0 atom stereocenters. The van der Waals surface area contributed by atoms with Crippen LogP contribution < -0.4 is 0 Å². The third-order valence-electron chi connectivity index (χ3n) is 5.00. The monoisotopic (exact) mass is 579 g/mol. The number of ether oxygens (including phenoxy) is 3. The molecule has 0 saturated carbocycles. The Morgan fingerprint density at radius 1 is 0.634 bits per heavy atom. The molecular formula is C26H15F6N3O6. The molecule has 0 bridgehead atoms. The SMILES string of the molecule is O=CO/C=C(/c1ccnc(-c2cc(/C=C/OC=O)cc(-c3cc(/C(=C/OC=O)C(F)(F)F)ccn3)n2)c1)C(F)(F)F. The van der Waals surface area contributed by atoms with E-state index in [2.05, 4.69) is 29.2 Å². The van der Waals surface area contributed by atoms with E-state index in [1.165, 1.54) is 18.2 Å². The number of carbonyl (C=O) groups excluding carboxylic acids is 3. The second-order valence-corrected chi connectivity index (χ2v) is 7.59. The number of pyridine rings is 3. The molecule has 3 aromatic rings. The van der Waals surface area contributed by atoms with Crippen LogP contribution in [0.2, 0.25) is 0 Å². The van der Waals surface area contributed by atoms with Crippen LogP contribution in [0.15, 0.2) is 67.6 Å². The third-order valence-corrected chi connectivity index (χ3v) is 5.00. The molecule has 0 N–H and O–H groups in total. The summed E-state index contributed by atoms with van der Waals surface area (Å²) in [4.78, 5) is 43.8. The van der Waals surface area contributed by atoms with E-state index < -0.39 is 34.6 Å². The van der Waals surface area contributed by atoms with Crippen molar-refractivity contribution < 1.29 is 54.9 Å². The van der Waals surface area contributed by atoms with Gasteiger partial charge in [-0.15, -0.1) is 0 Å². The summed E-state index contributed by atoms with van der Waals surface area (Å²) in [6.07, 6.45) is -5.07. The number of hydrogen-bond donors (Lipinski definition) is 0. The highest BCUT2D eigenvalue weighted by Gasteiger charge is 2.36. The van der Waals surface area contributed by atoms with E-state index in [4.69, 9.17) is 0 Å². The minimum atomic E-state index is -4.92. The molecular weight excluding hydrogens is 564 g/mol. The van der Waals surface area contributed by atoms with E-state index in [0.717, 1.165) is 42.9 Å². The fourth-order valence-corrected chi connectivity index (χ4v) is 3.33. The van der Waals surface area contributed by atoms with Crippen molar-refractivity contribution >= 4 is 36.6 Å². The fourth-order valence-electron chi connectivity index (χ4n) is 3.33. The normalized spacial score (nSPS) is 12.6. The number of halogens is 6. The number of hydrogen-bond acceptors (Lipinski definition) is 9. The largest absolute Gasteiger partial charge is 0.437 e. The van der Waals surface area contributed by atoms with Gasteiger partial charge in [-0.3, -0.25) is 24.4 Å². The average molecular weight is 579 g/mol. The Labute approximate surface area is 226 Å². The summed E-state index contributed by atoms with van der Waals surface area (Å²) in [5.41, 5.74) is -3.54. The first-order valence-corrected chi connectivity index (χ1v) is 10.9. The van der Waals surface area contributed by atoms with Gasteiger partial charge in [0.1, 0.15) is 12.5 Å². The molecule has 0 aliphatic heterocycles. The number of alkyl halides is 6. The Kier molecular flexibility index (Phi) is 9.68. The van der Waals surface area contributed by atoms with Gasteiger partial charge in [-0.05, 0) is 59.2 Å². The third kappa shape index (κ3) is 8.08. The maximum atomic E-state index is 13.6. The van der Waals surface area contributed by atoms with E-state index >= 15 is 0 Å². The highest BCUT2D eigenvalue weighted by Crippen LogP contribution is 2.36. The molecule has 212 valence electrons. The number of rotatable bonds is 11. The van der Waals surface area contributed by atoms with Crippen LogP contribution in [-0.2, 0) is 28.6 Å². The van der Waals surface area contributed by atoms with Gasteiger partial charge in [0.05, 0.1) is 40.2 Å². The van der Waals surface area contributed by atoms with Gasteiger partial charge < -0.3 is 14.2 Å². The zero-order valence-electron chi connectivity index (χ0n) is 20.2. The fraction of sp³-hybridized carbons (Fsp3) is 0.0769. The van der Waals surface area contributed by atoms with Crippen molar-refractivity contribution in [2.75, 3.05) is 0 Å². The van der Waals surface area contributed by atoms with Crippen LogP contribution in [0.5, 0.6) is 0 Å². The van der Waals surface area contributed by atoms with Crippen LogP contribution in [0.3, 0.4) is 0 Å². The average Bonchev–Trinajstić information content (AvgIpc) is 2.92. The van der Waals surface area contributed by atoms with E-state index in [9.17, 15) is 40.7 Å². The maximum absolute atomic E-state index is 13.6. The molecule has 0 radical (unpaired) electrons. The quantitative estimate of drug-likeness (QED) is 0.126. The highest BCUT2D eigenvalue weighted by atomic mass is 19.4. The first-order valence-electron chi connectivity index (χ1n) is 10.9. The van der Waals surface area contributed by atoms with Crippen LogP contribution in [0.4, 0.5) is 26.3 Å². The highest BCUT2D eigenvalue weighted by molar-refractivity contribution is 5.76. The molecule has 0 saturated heterocycles. The topological polar surface area (TPSA) is 118 Å². The molecule has 9 nitrogen and oxygen atoms in total. The first kappa shape index (κ1) is 30.2. The number of aromatic nitrogens is 3. The van der Waals surface area contributed by atoms with E-state index in [0.29, 0.717) is 0 Å². The minimum absolute atomic E-state index is 0.0454. The summed E-state index contributed by atoms with van der Waals surface area (Å²) >= 11 is 0. The van der Waals surface area contributed by atoms with Crippen molar-refractivity contribution in [2.45, 2.75) is 12.4 Å². The Balaban J connectivity index is 2.19. The van der Waals surface area contributed by atoms with Crippen LogP contribution in [0, 0.1) is 0 Å². The second kappa shape index (κ2) is 13.1. The molecule has 0 aliphatic rings. The number of carbonyl (C=O) groups is 3. The van der Waals surface area contributed by atoms with Crippen molar-refractivity contribution in [3.63, 3.8) is 0 Å². The molecule has 3 rings (SSSR count). The van der Waals surface area contributed by atoms with Crippen molar-refractivity contribution in [2.24, 2.45) is 0 Å². The lowest BCUT2D eigenvalue weighted by molar-refractivity contribution is -0.125. The van der Waals surface area contributed by atoms with Gasteiger partial charge in [0.25, 0.3) is 19.4 Å². The maximum Gasteiger partial charge on any atom is 0.419 e. The van der Waals surface area contributed by atoms with E-state index in [-0.39, 0.29) is 60.3 Å².